The van der Waals surface area contributed by atoms with Crippen LogP contribution in [0.5, 0.6) is 0 Å². The third-order valence-electron chi connectivity index (χ3n) is 2.11. The van der Waals surface area contributed by atoms with Crippen molar-refractivity contribution < 1.29 is 4.79 Å². The highest BCUT2D eigenvalue weighted by Gasteiger charge is 2.09. The van der Waals surface area contributed by atoms with Gasteiger partial charge < -0.3 is 5.32 Å². The summed E-state index contributed by atoms with van der Waals surface area (Å²) in [4.78, 5) is 11.1. The van der Waals surface area contributed by atoms with Gasteiger partial charge in [0.1, 0.15) is 0 Å². The molecule has 1 amide bonds. The van der Waals surface area contributed by atoms with E-state index >= 15 is 0 Å². The number of carbonyl (C=O) groups excluding carboxylic acids is 1. The van der Waals surface area contributed by atoms with Crippen molar-refractivity contribution in [3.8, 4) is 0 Å². The molecule has 0 aliphatic heterocycles. The van der Waals surface area contributed by atoms with Gasteiger partial charge in [0, 0.05) is 0 Å². The van der Waals surface area contributed by atoms with Crippen molar-refractivity contribution in [2.75, 3.05) is 0 Å². The molecule has 0 spiro atoms. The van der Waals surface area contributed by atoms with E-state index in [-0.39, 0.29) is 11.9 Å². The number of hydrogen-bond donors (Lipinski definition) is 1. The van der Waals surface area contributed by atoms with Crippen LogP contribution in [0.25, 0.3) is 0 Å². The molecule has 0 fully saturated rings. The molecule has 1 atom stereocenters. The summed E-state index contributed by atoms with van der Waals surface area (Å²) in [6, 6.07) is 10.0. The Morgan fingerprint density at radius 3 is 2.64 bits per heavy atom. The predicted molar refractivity (Wildman–Crippen MR) is 57.8 cm³/mol. The fourth-order valence-electron chi connectivity index (χ4n) is 1.34. The number of carbonyl (C=O) groups is 1. The fraction of sp³-hybridized carbons (Fsp3) is 0.250. The van der Waals surface area contributed by atoms with Crippen LogP contribution in [0.3, 0.4) is 0 Å². The van der Waals surface area contributed by atoms with Crippen LogP contribution in [0.4, 0.5) is 0 Å². The molecule has 0 aliphatic rings. The zero-order valence-corrected chi connectivity index (χ0v) is 8.36. The predicted octanol–water partition coefficient (Wildman–Crippen LogP) is 2.44. The van der Waals surface area contributed by atoms with E-state index in [9.17, 15) is 4.79 Å². The molecule has 0 bridgehead atoms. The highest BCUT2D eigenvalue weighted by Crippen LogP contribution is 2.15. The quantitative estimate of drug-likeness (QED) is 0.724. The molecule has 0 unspecified atom stereocenters. The monoisotopic (exact) mass is 189 g/mol. The first kappa shape index (κ1) is 10.5. The number of rotatable bonds is 4. The minimum absolute atomic E-state index is 0.0849. The highest BCUT2D eigenvalue weighted by atomic mass is 16.1. The molecular weight excluding hydrogens is 174 g/mol. The fourth-order valence-corrected chi connectivity index (χ4v) is 1.34. The van der Waals surface area contributed by atoms with E-state index in [1.54, 1.807) is 0 Å². The molecular formula is C12H15NO. The third-order valence-corrected chi connectivity index (χ3v) is 2.11. The molecule has 0 heterocycles. The average Bonchev–Trinajstić information content (AvgIpc) is 2.26. The Labute approximate surface area is 84.6 Å². The second-order valence-electron chi connectivity index (χ2n) is 3.08. The zero-order chi connectivity index (χ0) is 10.4. The molecule has 2 heteroatoms. The molecule has 0 saturated heterocycles. The summed E-state index contributed by atoms with van der Waals surface area (Å²) in [6.45, 7) is 5.47. The summed E-state index contributed by atoms with van der Waals surface area (Å²) >= 11 is 0. The molecule has 0 saturated carbocycles. The van der Waals surface area contributed by atoms with Gasteiger partial charge in [-0.1, -0.05) is 43.8 Å². The first-order valence-corrected chi connectivity index (χ1v) is 4.75. The lowest BCUT2D eigenvalue weighted by atomic mass is 10.0. The number of nitrogens with one attached hydrogen (secondary N) is 1. The molecule has 1 aromatic rings. The van der Waals surface area contributed by atoms with Gasteiger partial charge in [-0.25, -0.2) is 0 Å². The topological polar surface area (TPSA) is 29.1 Å². The smallest absolute Gasteiger partial charge is 0.243 e. The normalized spacial score (nSPS) is 11.8. The maximum Gasteiger partial charge on any atom is 0.243 e. The Morgan fingerprint density at radius 2 is 2.14 bits per heavy atom. The van der Waals surface area contributed by atoms with E-state index in [1.165, 1.54) is 6.08 Å². The lowest BCUT2D eigenvalue weighted by molar-refractivity contribution is -0.117. The number of benzene rings is 1. The van der Waals surface area contributed by atoms with Crippen LogP contribution in [-0.4, -0.2) is 5.91 Å². The molecule has 1 aromatic carbocycles. The van der Waals surface area contributed by atoms with Crippen LogP contribution < -0.4 is 5.32 Å². The van der Waals surface area contributed by atoms with Crippen molar-refractivity contribution in [1.29, 1.82) is 0 Å². The van der Waals surface area contributed by atoms with Gasteiger partial charge in [0.05, 0.1) is 6.04 Å². The lowest BCUT2D eigenvalue weighted by Crippen LogP contribution is -2.26. The molecule has 1 rings (SSSR count). The molecule has 2 nitrogen and oxygen atoms in total. The van der Waals surface area contributed by atoms with Crippen LogP contribution in [0.15, 0.2) is 43.0 Å². The summed E-state index contributed by atoms with van der Waals surface area (Å²) in [6.07, 6.45) is 2.18. The Kier molecular flexibility index (Phi) is 3.92. The summed E-state index contributed by atoms with van der Waals surface area (Å²) in [7, 11) is 0. The van der Waals surface area contributed by atoms with E-state index in [1.807, 2.05) is 37.3 Å². The summed E-state index contributed by atoms with van der Waals surface area (Å²) < 4.78 is 0. The van der Waals surface area contributed by atoms with Gasteiger partial charge in [-0.15, -0.1) is 0 Å². The van der Waals surface area contributed by atoms with Gasteiger partial charge in [0.2, 0.25) is 5.91 Å². The van der Waals surface area contributed by atoms with Crippen LogP contribution in [0, 0.1) is 0 Å². The zero-order valence-electron chi connectivity index (χ0n) is 8.36. The summed E-state index contributed by atoms with van der Waals surface area (Å²) in [5, 5.41) is 2.88. The van der Waals surface area contributed by atoms with Gasteiger partial charge in [-0.2, -0.15) is 0 Å². The molecule has 1 N–H and O–H groups in total. The minimum atomic E-state index is -0.124. The molecule has 74 valence electrons. The largest absolute Gasteiger partial charge is 0.346 e. The first-order valence-electron chi connectivity index (χ1n) is 4.75. The lowest BCUT2D eigenvalue weighted by Gasteiger charge is -2.15. The Hall–Kier alpha value is -1.57. The van der Waals surface area contributed by atoms with Gasteiger partial charge >= 0.3 is 0 Å². The van der Waals surface area contributed by atoms with E-state index in [0.717, 1.165) is 12.0 Å². The highest BCUT2D eigenvalue weighted by molar-refractivity contribution is 5.87. The maximum atomic E-state index is 11.1. The van der Waals surface area contributed by atoms with Gasteiger partial charge in [0.15, 0.2) is 0 Å². The molecule has 0 radical (unpaired) electrons. The van der Waals surface area contributed by atoms with Gasteiger partial charge in [-0.05, 0) is 18.1 Å². The summed E-state index contributed by atoms with van der Waals surface area (Å²) in [5.74, 6) is -0.124. The first-order chi connectivity index (χ1) is 6.77. The van der Waals surface area contributed by atoms with Crippen LogP contribution >= 0.6 is 0 Å². The van der Waals surface area contributed by atoms with Gasteiger partial charge in [-0.3, -0.25) is 4.79 Å². The van der Waals surface area contributed by atoms with Crippen molar-refractivity contribution >= 4 is 5.91 Å². The van der Waals surface area contributed by atoms with Crippen molar-refractivity contribution in [1.82, 2.24) is 5.32 Å². The van der Waals surface area contributed by atoms with Crippen molar-refractivity contribution in [2.24, 2.45) is 0 Å². The van der Waals surface area contributed by atoms with E-state index < -0.39 is 0 Å². The van der Waals surface area contributed by atoms with Crippen LogP contribution in [-0.2, 0) is 4.79 Å². The molecule has 14 heavy (non-hydrogen) atoms. The Bertz CT molecular complexity index is 305. The average molecular weight is 189 g/mol. The van der Waals surface area contributed by atoms with Crippen molar-refractivity contribution in [3.05, 3.63) is 48.6 Å². The Morgan fingerprint density at radius 1 is 1.50 bits per heavy atom. The third kappa shape index (κ3) is 2.73. The SMILES string of the molecule is C=CC(=O)N[C@H](CC)c1ccccc1. The van der Waals surface area contributed by atoms with Crippen molar-refractivity contribution in [3.63, 3.8) is 0 Å². The van der Waals surface area contributed by atoms with Gasteiger partial charge in [0.25, 0.3) is 0 Å². The molecule has 0 aliphatic carbocycles. The van der Waals surface area contributed by atoms with Crippen LogP contribution in [0.2, 0.25) is 0 Å². The van der Waals surface area contributed by atoms with Crippen molar-refractivity contribution in [2.45, 2.75) is 19.4 Å². The Balaban J connectivity index is 2.72. The minimum Gasteiger partial charge on any atom is -0.346 e. The van der Waals surface area contributed by atoms with E-state index in [4.69, 9.17) is 0 Å². The standard InChI is InChI=1S/C12H15NO/c1-3-11(13-12(14)4-2)10-8-6-5-7-9-10/h4-9,11H,2-3H2,1H3,(H,13,14)/t11-/m1/s1. The van der Waals surface area contributed by atoms with E-state index in [2.05, 4.69) is 11.9 Å². The number of hydrogen-bond acceptors (Lipinski definition) is 1. The second kappa shape index (κ2) is 5.22. The van der Waals surface area contributed by atoms with E-state index in [0.29, 0.717) is 0 Å². The van der Waals surface area contributed by atoms with Crippen LogP contribution in [0.1, 0.15) is 24.9 Å². The summed E-state index contributed by atoms with van der Waals surface area (Å²) in [5.41, 5.74) is 1.13. The maximum absolute atomic E-state index is 11.1. The second-order valence-corrected chi connectivity index (χ2v) is 3.08. The molecule has 0 aromatic heterocycles. The number of amides is 1.